The van der Waals surface area contributed by atoms with Crippen LogP contribution in [0.3, 0.4) is 0 Å². The maximum atomic E-state index is 11.9. The normalized spacial score (nSPS) is 17.1. The number of amides is 1. The molecule has 1 aliphatic rings. The average Bonchev–Trinajstić information content (AvgIpc) is 2.53. The van der Waals surface area contributed by atoms with Crippen LogP contribution in [-0.4, -0.2) is 40.2 Å². The third-order valence-corrected chi connectivity index (χ3v) is 3.70. The molecule has 2 rings (SSSR count). The molecule has 1 saturated heterocycles. The number of hydrogen-bond acceptors (Lipinski definition) is 3. The molecular formula is C12H19ClN4O. The van der Waals surface area contributed by atoms with E-state index in [4.69, 9.17) is 11.6 Å². The highest BCUT2D eigenvalue weighted by Crippen LogP contribution is 2.22. The van der Waals surface area contributed by atoms with Crippen LogP contribution in [-0.2, 0) is 17.9 Å². The van der Waals surface area contributed by atoms with Crippen LogP contribution in [0.4, 0.5) is 0 Å². The van der Waals surface area contributed by atoms with Gasteiger partial charge in [0.15, 0.2) is 0 Å². The van der Waals surface area contributed by atoms with Crippen LogP contribution >= 0.6 is 11.6 Å². The molecule has 1 aromatic rings. The van der Waals surface area contributed by atoms with E-state index in [1.54, 1.807) is 0 Å². The van der Waals surface area contributed by atoms with Crippen molar-refractivity contribution in [2.24, 2.45) is 0 Å². The molecule has 1 aromatic heterocycles. The highest BCUT2D eigenvalue weighted by molar-refractivity contribution is 6.31. The molecule has 1 amide bonds. The number of hydrogen-bond donors (Lipinski definition) is 1. The molecule has 1 aliphatic heterocycles. The lowest BCUT2D eigenvalue weighted by atomic mass is 10.3. The van der Waals surface area contributed by atoms with E-state index in [2.05, 4.69) is 10.4 Å². The zero-order chi connectivity index (χ0) is 13.1. The van der Waals surface area contributed by atoms with Crippen molar-refractivity contribution in [3.63, 3.8) is 0 Å². The van der Waals surface area contributed by atoms with E-state index in [1.807, 2.05) is 23.4 Å². The quantitative estimate of drug-likeness (QED) is 0.898. The summed E-state index contributed by atoms with van der Waals surface area (Å²) in [6.45, 7) is 7.31. The minimum absolute atomic E-state index is 0.130. The molecular weight excluding hydrogens is 252 g/mol. The maximum absolute atomic E-state index is 11.9. The molecule has 0 aliphatic carbocycles. The molecule has 5 nitrogen and oxygen atoms in total. The monoisotopic (exact) mass is 270 g/mol. The first-order chi connectivity index (χ1) is 8.63. The van der Waals surface area contributed by atoms with Crippen molar-refractivity contribution in [1.29, 1.82) is 0 Å². The van der Waals surface area contributed by atoms with Gasteiger partial charge in [-0.05, 0) is 26.8 Å². The van der Waals surface area contributed by atoms with E-state index in [1.165, 1.54) is 0 Å². The first kappa shape index (κ1) is 13.4. The molecule has 6 heteroatoms. The number of carbonyl (C=O) groups excluding carboxylic acids is 1. The third-order valence-electron chi connectivity index (χ3n) is 3.20. The van der Waals surface area contributed by atoms with Crippen molar-refractivity contribution in [3.8, 4) is 0 Å². The van der Waals surface area contributed by atoms with Gasteiger partial charge in [0.2, 0.25) is 5.91 Å². The summed E-state index contributed by atoms with van der Waals surface area (Å²) >= 11 is 6.26. The molecule has 0 spiro atoms. The van der Waals surface area contributed by atoms with Gasteiger partial charge in [-0.3, -0.25) is 9.48 Å². The van der Waals surface area contributed by atoms with E-state index in [9.17, 15) is 4.79 Å². The molecule has 2 heterocycles. The van der Waals surface area contributed by atoms with Crippen LogP contribution < -0.4 is 5.32 Å². The topological polar surface area (TPSA) is 50.2 Å². The summed E-state index contributed by atoms with van der Waals surface area (Å²) in [5.74, 6) is 0.130. The summed E-state index contributed by atoms with van der Waals surface area (Å²) in [5, 5.41) is 8.17. The van der Waals surface area contributed by atoms with E-state index in [0.29, 0.717) is 18.1 Å². The van der Waals surface area contributed by atoms with Crippen molar-refractivity contribution >= 4 is 17.5 Å². The fourth-order valence-corrected chi connectivity index (χ4v) is 2.39. The zero-order valence-corrected chi connectivity index (χ0v) is 11.6. The van der Waals surface area contributed by atoms with Crippen LogP contribution in [0.5, 0.6) is 0 Å². The minimum atomic E-state index is 0.130. The SMILES string of the molecule is CCn1nc(C)c(Cl)c1CN1CCCNCC1=O. The number of aryl methyl sites for hydroxylation is 2. The van der Waals surface area contributed by atoms with Gasteiger partial charge in [0, 0.05) is 13.1 Å². The smallest absolute Gasteiger partial charge is 0.236 e. The van der Waals surface area contributed by atoms with Crippen LogP contribution in [0.25, 0.3) is 0 Å². The molecule has 1 fully saturated rings. The molecule has 100 valence electrons. The second kappa shape index (κ2) is 5.71. The Hall–Kier alpha value is -1.07. The summed E-state index contributed by atoms with van der Waals surface area (Å²) in [7, 11) is 0. The predicted molar refractivity (Wildman–Crippen MR) is 70.6 cm³/mol. The number of rotatable bonds is 3. The Balaban J connectivity index is 2.19. The Bertz CT molecular complexity index is 444. The number of aromatic nitrogens is 2. The molecule has 0 atom stereocenters. The third kappa shape index (κ3) is 2.67. The zero-order valence-electron chi connectivity index (χ0n) is 10.9. The van der Waals surface area contributed by atoms with E-state index in [-0.39, 0.29) is 5.91 Å². The van der Waals surface area contributed by atoms with Crippen molar-refractivity contribution in [2.75, 3.05) is 19.6 Å². The summed E-state index contributed by atoms with van der Waals surface area (Å²) in [5.41, 5.74) is 1.76. The van der Waals surface area contributed by atoms with Gasteiger partial charge in [-0.15, -0.1) is 0 Å². The first-order valence-corrected chi connectivity index (χ1v) is 6.71. The highest BCUT2D eigenvalue weighted by Gasteiger charge is 2.21. The van der Waals surface area contributed by atoms with Crippen molar-refractivity contribution in [2.45, 2.75) is 33.4 Å². The second-order valence-corrected chi connectivity index (χ2v) is 4.89. The summed E-state index contributed by atoms with van der Waals surface area (Å²) in [6.07, 6.45) is 0.975. The summed E-state index contributed by atoms with van der Waals surface area (Å²) in [6, 6.07) is 0. The molecule has 0 saturated carbocycles. The standard InChI is InChI=1S/C12H19ClN4O/c1-3-17-10(12(13)9(2)15-17)8-16-6-4-5-14-7-11(16)18/h14H,3-8H2,1-2H3. The van der Waals surface area contributed by atoms with Gasteiger partial charge >= 0.3 is 0 Å². The van der Waals surface area contributed by atoms with Gasteiger partial charge in [0.1, 0.15) is 0 Å². The fraction of sp³-hybridized carbons (Fsp3) is 0.667. The van der Waals surface area contributed by atoms with Crippen LogP contribution in [0.2, 0.25) is 5.02 Å². The van der Waals surface area contributed by atoms with Crippen LogP contribution in [0.15, 0.2) is 0 Å². The highest BCUT2D eigenvalue weighted by atomic mass is 35.5. The number of nitrogens with zero attached hydrogens (tertiary/aromatic N) is 3. The van der Waals surface area contributed by atoms with Crippen molar-refractivity contribution in [1.82, 2.24) is 20.0 Å². The van der Waals surface area contributed by atoms with Crippen LogP contribution in [0.1, 0.15) is 24.7 Å². The lowest BCUT2D eigenvalue weighted by Crippen LogP contribution is -2.35. The Morgan fingerprint density at radius 1 is 1.50 bits per heavy atom. The number of carbonyl (C=O) groups is 1. The summed E-state index contributed by atoms with van der Waals surface area (Å²) < 4.78 is 1.88. The molecule has 1 N–H and O–H groups in total. The Morgan fingerprint density at radius 3 is 3.00 bits per heavy atom. The Morgan fingerprint density at radius 2 is 2.28 bits per heavy atom. The predicted octanol–water partition coefficient (Wildman–Crippen LogP) is 1.19. The van der Waals surface area contributed by atoms with Gasteiger partial charge in [-0.1, -0.05) is 11.6 Å². The molecule has 0 radical (unpaired) electrons. The van der Waals surface area contributed by atoms with Gasteiger partial charge in [-0.2, -0.15) is 5.10 Å². The van der Waals surface area contributed by atoms with E-state index in [0.717, 1.165) is 37.4 Å². The van der Waals surface area contributed by atoms with Crippen molar-refractivity contribution < 1.29 is 4.79 Å². The largest absolute Gasteiger partial charge is 0.336 e. The average molecular weight is 271 g/mol. The minimum Gasteiger partial charge on any atom is -0.336 e. The van der Waals surface area contributed by atoms with Crippen molar-refractivity contribution in [3.05, 3.63) is 16.4 Å². The Kier molecular flexibility index (Phi) is 4.24. The molecule has 18 heavy (non-hydrogen) atoms. The van der Waals surface area contributed by atoms with Crippen LogP contribution in [0, 0.1) is 6.92 Å². The Labute approximate surface area is 112 Å². The van der Waals surface area contributed by atoms with Gasteiger partial charge in [-0.25, -0.2) is 0 Å². The second-order valence-electron chi connectivity index (χ2n) is 4.51. The van der Waals surface area contributed by atoms with Gasteiger partial charge < -0.3 is 10.2 Å². The maximum Gasteiger partial charge on any atom is 0.236 e. The summed E-state index contributed by atoms with van der Waals surface area (Å²) in [4.78, 5) is 13.8. The van der Waals surface area contributed by atoms with E-state index < -0.39 is 0 Å². The number of halogens is 1. The van der Waals surface area contributed by atoms with Gasteiger partial charge in [0.25, 0.3) is 0 Å². The molecule has 0 unspecified atom stereocenters. The van der Waals surface area contributed by atoms with E-state index >= 15 is 0 Å². The molecule has 0 aromatic carbocycles. The lowest BCUT2D eigenvalue weighted by molar-refractivity contribution is -0.130. The lowest BCUT2D eigenvalue weighted by Gasteiger charge is -2.20. The van der Waals surface area contributed by atoms with Gasteiger partial charge in [0.05, 0.1) is 29.5 Å². The number of nitrogens with one attached hydrogen (secondary N) is 1. The fourth-order valence-electron chi connectivity index (χ4n) is 2.19. The molecule has 0 bridgehead atoms. The first-order valence-electron chi connectivity index (χ1n) is 6.33.